The summed E-state index contributed by atoms with van der Waals surface area (Å²) in [6.45, 7) is 3.89. The zero-order valence-corrected chi connectivity index (χ0v) is 9.50. The monoisotopic (exact) mass is 220 g/mol. The lowest BCUT2D eigenvalue weighted by molar-refractivity contribution is 1.18. The Morgan fingerprint density at radius 3 is 1.57 bits per heavy atom. The molecule has 0 amide bonds. The van der Waals surface area contributed by atoms with Crippen molar-refractivity contribution in [1.82, 2.24) is 0 Å². The van der Waals surface area contributed by atoms with Crippen molar-refractivity contribution >= 4 is 23.5 Å². The van der Waals surface area contributed by atoms with Crippen LogP contribution < -0.4 is 0 Å². The first-order valence-corrected chi connectivity index (χ1v) is 5.55. The number of hydrogen-bond donors (Lipinski definition) is 0. The Hall–Kier alpha value is -1.10. The first kappa shape index (κ1) is 11.0. The molecule has 0 aliphatic rings. The van der Waals surface area contributed by atoms with Gasteiger partial charge in [-0.1, -0.05) is 0 Å². The quantitative estimate of drug-likeness (QED) is 0.565. The molecule has 2 nitrogen and oxygen atoms in total. The zero-order chi connectivity index (χ0) is 10.6. The second-order valence-electron chi connectivity index (χ2n) is 2.77. The first-order valence-electron chi connectivity index (χ1n) is 3.92. The average Bonchev–Trinajstić information content (AvgIpc) is 2.14. The van der Waals surface area contributed by atoms with Crippen LogP contribution in [-0.4, -0.2) is 0 Å². The summed E-state index contributed by atoms with van der Waals surface area (Å²) in [7, 11) is 0. The molecule has 70 valence electrons. The van der Waals surface area contributed by atoms with Crippen LogP contribution in [-0.2, 0) is 0 Å². The van der Waals surface area contributed by atoms with E-state index in [4.69, 9.17) is 10.5 Å². The van der Waals surface area contributed by atoms with E-state index >= 15 is 0 Å². The highest BCUT2D eigenvalue weighted by atomic mass is 32.2. The number of benzene rings is 1. The molecule has 1 rings (SSSR count). The topological polar surface area (TPSA) is 47.6 Å². The fourth-order valence-electron chi connectivity index (χ4n) is 1.08. The molecular weight excluding hydrogens is 212 g/mol. The number of hydrogen-bond acceptors (Lipinski definition) is 4. The predicted molar refractivity (Wildman–Crippen MR) is 58.9 cm³/mol. The fraction of sp³-hybridized carbons (Fsp3) is 0.200. The van der Waals surface area contributed by atoms with Crippen LogP contribution in [0.15, 0.2) is 21.9 Å². The summed E-state index contributed by atoms with van der Waals surface area (Å²) in [5.41, 5.74) is 2.08. The Morgan fingerprint density at radius 2 is 1.29 bits per heavy atom. The minimum atomic E-state index is 0.965. The van der Waals surface area contributed by atoms with Crippen LogP contribution >= 0.6 is 23.5 Å². The van der Waals surface area contributed by atoms with Crippen molar-refractivity contribution < 1.29 is 0 Å². The second-order valence-corrected chi connectivity index (χ2v) is 4.42. The van der Waals surface area contributed by atoms with E-state index in [1.165, 1.54) is 0 Å². The van der Waals surface area contributed by atoms with Crippen molar-refractivity contribution in [2.45, 2.75) is 23.6 Å². The summed E-state index contributed by atoms with van der Waals surface area (Å²) in [4.78, 5) is 1.93. The number of nitrogens with zero attached hydrogens (tertiary/aromatic N) is 2. The van der Waals surface area contributed by atoms with E-state index in [9.17, 15) is 0 Å². The Bertz CT molecular complexity index is 385. The van der Waals surface area contributed by atoms with Crippen molar-refractivity contribution in [3.63, 3.8) is 0 Å². The molecule has 0 bridgehead atoms. The van der Waals surface area contributed by atoms with Crippen LogP contribution in [0.2, 0.25) is 0 Å². The molecule has 0 spiro atoms. The van der Waals surface area contributed by atoms with Crippen molar-refractivity contribution in [2.75, 3.05) is 0 Å². The molecule has 0 heterocycles. The molecule has 14 heavy (non-hydrogen) atoms. The molecule has 0 saturated heterocycles. The van der Waals surface area contributed by atoms with E-state index in [1.54, 1.807) is 0 Å². The van der Waals surface area contributed by atoms with Crippen molar-refractivity contribution in [3.8, 4) is 10.8 Å². The van der Waals surface area contributed by atoms with Crippen LogP contribution in [0.1, 0.15) is 11.1 Å². The van der Waals surface area contributed by atoms with Gasteiger partial charge in [0.25, 0.3) is 0 Å². The Balaban J connectivity index is 3.13. The molecule has 0 saturated carbocycles. The van der Waals surface area contributed by atoms with Crippen LogP contribution in [0.25, 0.3) is 0 Å². The maximum Gasteiger partial charge on any atom is 0.138 e. The summed E-state index contributed by atoms with van der Waals surface area (Å²) in [6, 6.07) is 3.89. The Morgan fingerprint density at radius 1 is 0.929 bits per heavy atom. The predicted octanol–water partition coefficient (Wildman–Crippen LogP) is 3.45. The van der Waals surface area contributed by atoms with Crippen molar-refractivity contribution in [1.29, 1.82) is 10.5 Å². The standard InChI is InChI=1S/C10H8N2S2/c1-7-3-10(14-6-12)8(2)4-9(7)13-5-11/h3-4H,1-2H3. The van der Waals surface area contributed by atoms with Gasteiger partial charge in [0.15, 0.2) is 0 Å². The lowest BCUT2D eigenvalue weighted by atomic mass is 10.2. The minimum Gasteiger partial charge on any atom is -0.185 e. The largest absolute Gasteiger partial charge is 0.185 e. The second kappa shape index (κ2) is 4.95. The number of rotatable bonds is 2. The SMILES string of the molecule is Cc1cc(SC#N)c(C)cc1SC#N. The lowest BCUT2D eigenvalue weighted by Gasteiger charge is -2.05. The van der Waals surface area contributed by atoms with E-state index in [2.05, 4.69) is 0 Å². The van der Waals surface area contributed by atoms with Crippen molar-refractivity contribution in [2.24, 2.45) is 0 Å². The van der Waals surface area contributed by atoms with E-state index in [-0.39, 0.29) is 0 Å². The van der Waals surface area contributed by atoms with Gasteiger partial charge in [0.2, 0.25) is 0 Å². The molecule has 0 fully saturated rings. The third-order valence-electron chi connectivity index (χ3n) is 1.78. The van der Waals surface area contributed by atoms with Gasteiger partial charge in [0, 0.05) is 9.79 Å². The summed E-state index contributed by atoms with van der Waals surface area (Å²) >= 11 is 2.31. The maximum atomic E-state index is 8.56. The van der Waals surface area contributed by atoms with Gasteiger partial charge in [-0.05, 0) is 60.6 Å². The van der Waals surface area contributed by atoms with Crippen molar-refractivity contribution in [3.05, 3.63) is 23.3 Å². The molecular formula is C10H8N2S2. The molecule has 0 radical (unpaired) electrons. The van der Waals surface area contributed by atoms with Gasteiger partial charge in [-0.3, -0.25) is 0 Å². The highest BCUT2D eigenvalue weighted by molar-refractivity contribution is 8.04. The van der Waals surface area contributed by atoms with Crippen LogP contribution in [0, 0.1) is 35.2 Å². The first-order chi connectivity index (χ1) is 6.69. The molecule has 0 unspecified atom stereocenters. The van der Waals surface area contributed by atoms with Gasteiger partial charge in [-0.25, -0.2) is 0 Å². The molecule has 0 atom stereocenters. The molecule has 0 aliphatic heterocycles. The van der Waals surface area contributed by atoms with Crippen LogP contribution in [0.3, 0.4) is 0 Å². The Kier molecular flexibility index (Phi) is 3.88. The molecule has 1 aromatic carbocycles. The van der Waals surface area contributed by atoms with Gasteiger partial charge >= 0.3 is 0 Å². The zero-order valence-electron chi connectivity index (χ0n) is 7.87. The number of nitriles is 2. The van der Waals surface area contributed by atoms with E-state index in [0.717, 1.165) is 44.4 Å². The maximum absolute atomic E-state index is 8.56. The molecule has 1 aromatic rings. The highest BCUT2D eigenvalue weighted by Crippen LogP contribution is 2.29. The summed E-state index contributed by atoms with van der Waals surface area (Å²) < 4.78 is 0. The smallest absolute Gasteiger partial charge is 0.138 e. The van der Waals surface area contributed by atoms with E-state index in [0.29, 0.717) is 0 Å². The average molecular weight is 220 g/mol. The minimum absolute atomic E-state index is 0.965. The number of thioether (sulfide) groups is 2. The third-order valence-corrected chi connectivity index (χ3v) is 3.29. The van der Waals surface area contributed by atoms with Crippen LogP contribution in [0.4, 0.5) is 0 Å². The van der Waals surface area contributed by atoms with Gasteiger partial charge < -0.3 is 0 Å². The molecule has 4 heteroatoms. The van der Waals surface area contributed by atoms with Gasteiger partial charge in [0.05, 0.1) is 0 Å². The number of thiocyanates is 2. The van der Waals surface area contributed by atoms with E-state index < -0.39 is 0 Å². The third kappa shape index (κ3) is 2.45. The van der Waals surface area contributed by atoms with E-state index in [1.807, 2.05) is 36.8 Å². The van der Waals surface area contributed by atoms with Gasteiger partial charge in [0.1, 0.15) is 10.8 Å². The highest BCUT2D eigenvalue weighted by Gasteiger charge is 2.05. The molecule has 0 aromatic heterocycles. The summed E-state index contributed by atoms with van der Waals surface area (Å²) in [6.07, 6.45) is 0. The van der Waals surface area contributed by atoms with Gasteiger partial charge in [-0.2, -0.15) is 10.5 Å². The fourth-order valence-corrected chi connectivity index (χ4v) is 2.19. The van der Waals surface area contributed by atoms with Crippen LogP contribution in [0.5, 0.6) is 0 Å². The number of aryl methyl sites for hydroxylation is 2. The Labute approximate surface area is 91.9 Å². The van der Waals surface area contributed by atoms with Gasteiger partial charge in [-0.15, -0.1) is 0 Å². The molecule has 0 N–H and O–H groups in total. The summed E-state index contributed by atoms with van der Waals surface area (Å²) in [5.74, 6) is 0. The summed E-state index contributed by atoms with van der Waals surface area (Å²) in [5, 5.41) is 21.2. The normalized spacial score (nSPS) is 9.14. The lowest BCUT2D eigenvalue weighted by Crippen LogP contribution is -1.84. The molecule has 0 aliphatic carbocycles.